The van der Waals surface area contributed by atoms with E-state index in [0.717, 1.165) is 0 Å². The first-order valence-corrected chi connectivity index (χ1v) is 4.50. The molecule has 1 rings (SSSR count). The summed E-state index contributed by atoms with van der Waals surface area (Å²) in [5.41, 5.74) is 5.06. The van der Waals surface area contributed by atoms with Crippen LogP contribution in [0.25, 0.3) is 0 Å². The monoisotopic (exact) mass is 255 g/mol. The number of hydrogen-bond donors (Lipinski definition) is 1. The molecule has 0 fully saturated rings. The Kier molecular flexibility index (Phi) is 5.61. The lowest BCUT2D eigenvalue weighted by molar-refractivity contribution is -0.149. The smallest absolute Gasteiger partial charge is 0.407 e. The lowest BCUT2D eigenvalue weighted by atomic mass is 10.1. The first kappa shape index (κ1) is 15.1. The summed E-state index contributed by atoms with van der Waals surface area (Å²) in [5, 5.41) is 0. The van der Waals surface area contributed by atoms with Gasteiger partial charge in [0, 0.05) is 5.56 Å². The summed E-state index contributed by atoms with van der Waals surface area (Å²) in [6.07, 6.45) is -4.45. The molecule has 0 heterocycles. The van der Waals surface area contributed by atoms with Crippen molar-refractivity contribution >= 4 is 12.4 Å². The predicted octanol–water partition coefficient (Wildman–Crippen LogP) is 3.07. The van der Waals surface area contributed by atoms with Crippen LogP contribution in [0.1, 0.15) is 18.5 Å². The van der Waals surface area contributed by atoms with Crippen molar-refractivity contribution in [3.05, 3.63) is 29.8 Å². The molecule has 0 bridgehead atoms. The van der Waals surface area contributed by atoms with Gasteiger partial charge in [0.25, 0.3) is 0 Å². The van der Waals surface area contributed by atoms with E-state index >= 15 is 0 Å². The fourth-order valence-corrected chi connectivity index (χ4v) is 1.20. The van der Waals surface area contributed by atoms with Crippen molar-refractivity contribution in [1.82, 2.24) is 0 Å². The standard InChI is InChI=1S/C10H12F3NO.ClH/c1-2-15-8-6-4-3-5-7(8)9(14)10(11,12)13;/h3-6,9H,2,14H2,1H3;1H/t9-;/m0./s1. The molecule has 1 aromatic carbocycles. The van der Waals surface area contributed by atoms with E-state index in [4.69, 9.17) is 10.5 Å². The molecular formula is C10H13ClF3NO. The summed E-state index contributed by atoms with van der Waals surface area (Å²) < 4.78 is 42.2. The number of halogens is 4. The third-order valence-corrected chi connectivity index (χ3v) is 1.91. The summed E-state index contributed by atoms with van der Waals surface area (Å²) in [4.78, 5) is 0. The number of ether oxygens (including phenoxy) is 1. The Balaban J connectivity index is 0.00000225. The van der Waals surface area contributed by atoms with E-state index < -0.39 is 12.2 Å². The van der Waals surface area contributed by atoms with Gasteiger partial charge in [-0.2, -0.15) is 13.2 Å². The van der Waals surface area contributed by atoms with E-state index in [2.05, 4.69) is 0 Å². The van der Waals surface area contributed by atoms with Gasteiger partial charge in [0.15, 0.2) is 0 Å². The molecule has 1 aromatic rings. The molecule has 16 heavy (non-hydrogen) atoms. The van der Waals surface area contributed by atoms with Crippen LogP contribution in [0.5, 0.6) is 5.75 Å². The molecule has 1 atom stereocenters. The predicted molar refractivity (Wildman–Crippen MR) is 57.8 cm³/mol. The second-order valence-corrected chi connectivity index (χ2v) is 2.99. The highest BCUT2D eigenvalue weighted by Gasteiger charge is 2.39. The molecule has 2 nitrogen and oxygen atoms in total. The number of nitrogens with two attached hydrogens (primary N) is 1. The second kappa shape index (κ2) is 5.96. The number of alkyl halides is 3. The maximum absolute atomic E-state index is 12.4. The second-order valence-electron chi connectivity index (χ2n) is 2.99. The summed E-state index contributed by atoms with van der Waals surface area (Å²) in [6.45, 7) is 2.01. The number of para-hydroxylation sites is 1. The van der Waals surface area contributed by atoms with Gasteiger partial charge >= 0.3 is 6.18 Å². The van der Waals surface area contributed by atoms with Crippen molar-refractivity contribution in [1.29, 1.82) is 0 Å². The van der Waals surface area contributed by atoms with E-state index in [1.54, 1.807) is 13.0 Å². The fourth-order valence-electron chi connectivity index (χ4n) is 1.20. The van der Waals surface area contributed by atoms with Gasteiger partial charge in [0.2, 0.25) is 0 Å². The van der Waals surface area contributed by atoms with Crippen molar-refractivity contribution in [3.63, 3.8) is 0 Å². The van der Waals surface area contributed by atoms with Crippen molar-refractivity contribution in [3.8, 4) is 5.75 Å². The average molecular weight is 256 g/mol. The summed E-state index contributed by atoms with van der Waals surface area (Å²) in [7, 11) is 0. The summed E-state index contributed by atoms with van der Waals surface area (Å²) >= 11 is 0. The van der Waals surface area contributed by atoms with Gasteiger partial charge in [-0.1, -0.05) is 18.2 Å². The van der Waals surface area contributed by atoms with Gasteiger partial charge in [0.1, 0.15) is 11.8 Å². The van der Waals surface area contributed by atoms with E-state index in [1.165, 1.54) is 18.2 Å². The van der Waals surface area contributed by atoms with Crippen LogP contribution < -0.4 is 10.5 Å². The molecule has 6 heteroatoms. The molecule has 0 saturated heterocycles. The maximum atomic E-state index is 12.4. The van der Waals surface area contributed by atoms with Crippen molar-refractivity contribution < 1.29 is 17.9 Å². The van der Waals surface area contributed by atoms with Crippen LogP contribution in [0.15, 0.2) is 24.3 Å². The van der Waals surface area contributed by atoms with Gasteiger partial charge in [-0.05, 0) is 13.0 Å². The minimum absolute atomic E-state index is 0. The zero-order valence-corrected chi connectivity index (χ0v) is 9.44. The van der Waals surface area contributed by atoms with Crippen molar-refractivity contribution in [2.75, 3.05) is 6.61 Å². The van der Waals surface area contributed by atoms with E-state index in [-0.39, 0.29) is 23.7 Å². The summed E-state index contributed by atoms with van der Waals surface area (Å²) in [5.74, 6) is 0.185. The number of benzene rings is 1. The molecule has 92 valence electrons. The van der Waals surface area contributed by atoms with Crippen LogP contribution in [0.3, 0.4) is 0 Å². The lowest BCUT2D eigenvalue weighted by Gasteiger charge is -2.18. The lowest BCUT2D eigenvalue weighted by Crippen LogP contribution is -2.28. The molecule has 0 radical (unpaired) electrons. The van der Waals surface area contributed by atoms with E-state index in [0.29, 0.717) is 6.61 Å². The highest BCUT2D eigenvalue weighted by atomic mass is 35.5. The topological polar surface area (TPSA) is 35.2 Å². The quantitative estimate of drug-likeness (QED) is 0.901. The Morgan fingerprint density at radius 1 is 1.31 bits per heavy atom. The Labute approximate surface area is 98.0 Å². The van der Waals surface area contributed by atoms with Crippen LogP contribution >= 0.6 is 12.4 Å². The van der Waals surface area contributed by atoms with E-state index in [1.807, 2.05) is 0 Å². The Bertz CT molecular complexity index is 330. The molecule has 0 aliphatic rings. The highest BCUT2D eigenvalue weighted by molar-refractivity contribution is 5.85. The molecule has 0 amide bonds. The number of hydrogen-bond acceptors (Lipinski definition) is 2. The first-order chi connectivity index (χ1) is 6.96. The van der Waals surface area contributed by atoms with Gasteiger partial charge < -0.3 is 10.5 Å². The van der Waals surface area contributed by atoms with Gasteiger partial charge in [-0.15, -0.1) is 12.4 Å². The minimum atomic E-state index is -4.45. The average Bonchev–Trinajstić information content (AvgIpc) is 2.17. The van der Waals surface area contributed by atoms with Crippen molar-refractivity contribution in [2.24, 2.45) is 5.73 Å². The third kappa shape index (κ3) is 3.57. The largest absolute Gasteiger partial charge is 0.494 e. The molecule has 0 saturated carbocycles. The Hall–Kier alpha value is -0.940. The Morgan fingerprint density at radius 2 is 1.88 bits per heavy atom. The summed E-state index contributed by atoms with van der Waals surface area (Å²) in [6, 6.07) is 3.91. The molecule has 2 N–H and O–H groups in total. The highest BCUT2D eigenvalue weighted by Crippen LogP contribution is 2.35. The van der Waals surface area contributed by atoms with Gasteiger partial charge in [-0.3, -0.25) is 0 Å². The maximum Gasteiger partial charge on any atom is 0.407 e. The molecule has 0 aliphatic carbocycles. The zero-order valence-electron chi connectivity index (χ0n) is 8.62. The molecule has 0 spiro atoms. The van der Waals surface area contributed by atoms with Crippen LogP contribution in [-0.4, -0.2) is 12.8 Å². The minimum Gasteiger partial charge on any atom is -0.494 e. The fraction of sp³-hybridized carbons (Fsp3) is 0.400. The van der Waals surface area contributed by atoms with Crippen LogP contribution in [0.4, 0.5) is 13.2 Å². The molecule has 0 unspecified atom stereocenters. The molecule has 0 aromatic heterocycles. The van der Waals surface area contributed by atoms with Crippen LogP contribution in [0.2, 0.25) is 0 Å². The SMILES string of the molecule is CCOc1ccccc1[C@H](N)C(F)(F)F.Cl. The molecule has 0 aliphatic heterocycles. The van der Waals surface area contributed by atoms with Gasteiger partial charge in [-0.25, -0.2) is 0 Å². The van der Waals surface area contributed by atoms with Crippen LogP contribution in [-0.2, 0) is 0 Å². The van der Waals surface area contributed by atoms with E-state index in [9.17, 15) is 13.2 Å². The van der Waals surface area contributed by atoms with Crippen LogP contribution in [0, 0.1) is 0 Å². The molecular weight excluding hydrogens is 243 g/mol. The zero-order chi connectivity index (χ0) is 11.5. The number of rotatable bonds is 3. The van der Waals surface area contributed by atoms with Crippen molar-refractivity contribution in [2.45, 2.75) is 19.1 Å². The normalized spacial score (nSPS) is 12.8. The third-order valence-electron chi connectivity index (χ3n) is 1.91. The first-order valence-electron chi connectivity index (χ1n) is 4.50. The Morgan fingerprint density at radius 3 is 2.38 bits per heavy atom. The van der Waals surface area contributed by atoms with Gasteiger partial charge in [0.05, 0.1) is 6.61 Å².